The quantitative estimate of drug-likeness (QED) is 0.282. The Balaban J connectivity index is 1.64. The maximum atomic E-state index is 13.7. The molecule has 1 amide bonds. The second kappa shape index (κ2) is 10.6. The molecular weight excluding hydrogens is 547 g/mol. The highest BCUT2D eigenvalue weighted by atomic mass is 19.4. The van der Waals surface area contributed by atoms with Gasteiger partial charge in [0.1, 0.15) is 17.5 Å². The Morgan fingerprint density at radius 1 is 0.850 bits per heavy atom. The summed E-state index contributed by atoms with van der Waals surface area (Å²) in [5, 5.41) is 0. The SMILES string of the molecule is CC(C)(C)OC(=O)N1C[C@@H]2CC[C@H](OC(=O)c3cc(C(F)(F)F)cc(C(F)(F)F)c3)[C@@H](c3ccc(F)cc3)[C@@H]2C1. The number of nitrogens with zero attached hydrogens (tertiary/aromatic N) is 1. The second-order valence-electron chi connectivity index (χ2n) is 11.2. The first-order valence-corrected chi connectivity index (χ1v) is 12.7. The standard InChI is InChI=1S/C28H28F7NO4/c1-26(2,3)40-25(38)36-13-16-6-9-22(23(21(16)14-36)15-4-7-20(29)8-5-15)39-24(37)17-10-18(27(30,31)32)12-19(11-17)28(33,34)35/h4-5,7-8,10-12,16,21-23H,6,9,13-14H2,1-3H3/t16-,21+,22-,23-/m0/s1. The molecule has 0 N–H and O–H groups in total. The third-order valence-corrected chi connectivity index (χ3v) is 7.16. The van der Waals surface area contributed by atoms with Crippen molar-refractivity contribution < 1.29 is 49.8 Å². The highest BCUT2D eigenvalue weighted by Crippen LogP contribution is 2.47. The molecular formula is C28H28F7NO4. The van der Waals surface area contributed by atoms with Crippen molar-refractivity contribution in [2.75, 3.05) is 13.1 Å². The van der Waals surface area contributed by atoms with E-state index in [9.17, 15) is 40.3 Å². The van der Waals surface area contributed by atoms with Gasteiger partial charge in [-0.1, -0.05) is 12.1 Å². The maximum absolute atomic E-state index is 13.7. The van der Waals surface area contributed by atoms with Crippen molar-refractivity contribution in [2.24, 2.45) is 11.8 Å². The number of alkyl halides is 6. The minimum atomic E-state index is -5.13. The summed E-state index contributed by atoms with van der Waals surface area (Å²) in [5.41, 5.74) is -4.31. The van der Waals surface area contributed by atoms with Gasteiger partial charge in [0.2, 0.25) is 0 Å². The molecule has 2 aromatic carbocycles. The van der Waals surface area contributed by atoms with Crippen LogP contribution in [0.2, 0.25) is 0 Å². The van der Waals surface area contributed by atoms with E-state index in [2.05, 4.69) is 0 Å². The van der Waals surface area contributed by atoms with Crippen molar-refractivity contribution in [2.45, 2.75) is 63.6 Å². The van der Waals surface area contributed by atoms with Crippen LogP contribution < -0.4 is 0 Å². The van der Waals surface area contributed by atoms with Crippen LogP contribution in [0.3, 0.4) is 0 Å². The van der Waals surface area contributed by atoms with E-state index >= 15 is 0 Å². The molecule has 2 aromatic rings. The Labute approximate surface area is 226 Å². The van der Waals surface area contributed by atoms with E-state index in [1.807, 2.05) is 0 Å². The van der Waals surface area contributed by atoms with Crippen LogP contribution in [0.5, 0.6) is 0 Å². The number of hydrogen-bond acceptors (Lipinski definition) is 4. The lowest BCUT2D eigenvalue weighted by Gasteiger charge is -2.39. The van der Waals surface area contributed by atoms with Crippen LogP contribution in [0.15, 0.2) is 42.5 Å². The van der Waals surface area contributed by atoms with Gasteiger partial charge in [-0.15, -0.1) is 0 Å². The van der Waals surface area contributed by atoms with E-state index in [1.165, 1.54) is 29.2 Å². The van der Waals surface area contributed by atoms with E-state index < -0.39 is 64.5 Å². The van der Waals surface area contributed by atoms with Crippen molar-refractivity contribution in [3.63, 3.8) is 0 Å². The molecule has 0 radical (unpaired) electrons. The van der Waals surface area contributed by atoms with Gasteiger partial charge in [-0.25, -0.2) is 14.0 Å². The molecule has 1 aliphatic heterocycles. The van der Waals surface area contributed by atoms with Gasteiger partial charge in [0.15, 0.2) is 0 Å². The molecule has 4 rings (SSSR count). The van der Waals surface area contributed by atoms with Crippen LogP contribution in [0.4, 0.5) is 35.5 Å². The number of likely N-dealkylation sites (tertiary alicyclic amines) is 1. The van der Waals surface area contributed by atoms with Gasteiger partial charge in [-0.3, -0.25) is 0 Å². The van der Waals surface area contributed by atoms with Crippen molar-refractivity contribution in [1.29, 1.82) is 0 Å². The summed E-state index contributed by atoms with van der Waals surface area (Å²) in [6.45, 7) is 5.76. The van der Waals surface area contributed by atoms with Crippen molar-refractivity contribution in [3.05, 3.63) is 70.5 Å². The molecule has 0 bridgehead atoms. The average Bonchev–Trinajstić information content (AvgIpc) is 3.27. The minimum absolute atomic E-state index is 0.0390. The van der Waals surface area contributed by atoms with E-state index in [0.29, 0.717) is 30.7 Å². The van der Waals surface area contributed by atoms with Crippen molar-refractivity contribution >= 4 is 12.1 Å². The normalized spacial score (nSPS) is 23.5. The monoisotopic (exact) mass is 575 g/mol. The van der Waals surface area contributed by atoms with E-state index in [1.54, 1.807) is 20.8 Å². The summed E-state index contributed by atoms with van der Waals surface area (Å²) >= 11 is 0. The van der Waals surface area contributed by atoms with E-state index in [4.69, 9.17) is 9.47 Å². The molecule has 1 heterocycles. The first kappa shape index (κ1) is 29.7. The number of hydrogen-bond donors (Lipinski definition) is 0. The molecule has 1 saturated heterocycles. The smallest absolute Gasteiger partial charge is 0.416 e. The number of carbonyl (C=O) groups is 2. The lowest BCUT2D eigenvalue weighted by molar-refractivity contribution is -0.143. The van der Waals surface area contributed by atoms with Crippen LogP contribution in [-0.2, 0) is 21.8 Å². The summed E-state index contributed by atoms with van der Waals surface area (Å²) in [4.78, 5) is 27.3. The van der Waals surface area contributed by atoms with Crippen LogP contribution in [0.1, 0.15) is 66.6 Å². The van der Waals surface area contributed by atoms with Crippen LogP contribution in [0.25, 0.3) is 0 Å². The highest BCUT2D eigenvalue weighted by molar-refractivity contribution is 5.90. The fourth-order valence-corrected chi connectivity index (χ4v) is 5.48. The topological polar surface area (TPSA) is 55.8 Å². The van der Waals surface area contributed by atoms with Crippen LogP contribution in [-0.4, -0.2) is 41.8 Å². The molecule has 2 aliphatic rings. The number of amides is 1. The fraction of sp³-hybridized carbons (Fsp3) is 0.500. The summed E-state index contributed by atoms with van der Waals surface area (Å²) in [6.07, 6.45) is -11.0. The van der Waals surface area contributed by atoms with Gasteiger partial charge < -0.3 is 14.4 Å². The second-order valence-corrected chi connectivity index (χ2v) is 11.2. The van der Waals surface area contributed by atoms with Crippen molar-refractivity contribution in [3.8, 4) is 0 Å². The minimum Gasteiger partial charge on any atom is -0.458 e. The molecule has 1 aliphatic carbocycles. The average molecular weight is 576 g/mol. The number of ether oxygens (including phenoxy) is 2. The number of rotatable bonds is 3. The molecule has 1 saturated carbocycles. The first-order valence-electron chi connectivity index (χ1n) is 12.7. The Morgan fingerprint density at radius 2 is 1.43 bits per heavy atom. The molecule has 2 fully saturated rings. The first-order chi connectivity index (χ1) is 18.4. The van der Waals surface area contributed by atoms with E-state index in [0.717, 1.165) is 0 Å². The van der Waals surface area contributed by atoms with Gasteiger partial charge >= 0.3 is 24.4 Å². The summed E-state index contributed by atoms with van der Waals surface area (Å²) in [5.74, 6) is -2.77. The van der Waals surface area contributed by atoms with Crippen molar-refractivity contribution in [1.82, 2.24) is 4.90 Å². The third-order valence-electron chi connectivity index (χ3n) is 7.16. The molecule has 218 valence electrons. The Kier molecular flexibility index (Phi) is 7.85. The van der Waals surface area contributed by atoms with Gasteiger partial charge in [0.25, 0.3) is 0 Å². The summed E-state index contributed by atoms with van der Waals surface area (Å²) in [6, 6.07) is 6.00. The summed E-state index contributed by atoms with van der Waals surface area (Å²) < 4.78 is 105. The zero-order valence-electron chi connectivity index (χ0n) is 21.9. The Hall–Kier alpha value is -3.31. The molecule has 4 atom stereocenters. The largest absolute Gasteiger partial charge is 0.458 e. The third kappa shape index (κ3) is 6.69. The number of halogens is 7. The van der Waals surface area contributed by atoms with E-state index in [-0.39, 0.29) is 30.9 Å². The van der Waals surface area contributed by atoms with Gasteiger partial charge in [-0.2, -0.15) is 26.3 Å². The van der Waals surface area contributed by atoms with Gasteiger partial charge in [0, 0.05) is 19.0 Å². The zero-order chi connectivity index (χ0) is 29.6. The van der Waals surface area contributed by atoms with Crippen LogP contribution >= 0.6 is 0 Å². The molecule has 40 heavy (non-hydrogen) atoms. The molecule has 0 aromatic heterocycles. The van der Waals surface area contributed by atoms with Crippen LogP contribution in [0, 0.1) is 17.7 Å². The lowest BCUT2D eigenvalue weighted by atomic mass is 9.69. The number of fused-ring (bicyclic) bond motifs is 1. The van der Waals surface area contributed by atoms with Gasteiger partial charge in [-0.05, 0) is 81.3 Å². The Morgan fingerprint density at radius 3 is 1.95 bits per heavy atom. The molecule has 0 spiro atoms. The number of carbonyl (C=O) groups excluding carboxylic acids is 2. The fourth-order valence-electron chi connectivity index (χ4n) is 5.48. The maximum Gasteiger partial charge on any atom is 0.416 e. The molecule has 12 heteroatoms. The molecule has 5 nitrogen and oxygen atoms in total. The summed E-state index contributed by atoms with van der Waals surface area (Å²) in [7, 11) is 0. The van der Waals surface area contributed by atoms with Gasteiger partial charge in [0.05, 0.1) is 16.7 Å². The predicted octanol–water partition coefficient (Wildman–Crippen LogP) is 7.45. The molecule has 0 unspecified atom stereocenters. The highest BCUT2D eigenvalue weighted by Gasteiger charge is 2.48. The predicted molar refractivity (Wildman–Crippen MR) is 129 cm³/mol. The number of esters is 1. The zero-order valence-corrected chi connectivity index (χ0v) is 21.9. The lowest BCUT2D eigenvalue weighted by Crippen LogP contribution is -2.39. The Bertz CT molecular complexity index is 1220. The number of benzene rings is 2.